The molecule has 2 aliphatic heterocycles. The van der Waals surface area contributed by atoms with Gasteiger partial charge in [-0.3, -0.25) is 9.59 Å². The molecule has 1 atom stereocenters. The van der Waals surface area contributed by atoms with Gasteiger partial charge >= 0.3 is 6.18 Å². The molecule has 130 valence electrons. The van der Waals surface area contributed by atoms with Gasteiger partial charge in [0, 0.05) is 31.5 Å². The number of carbonyl (C=O) groups excluding carboxylic acids is 2. The zero-order valence-corrected chi connectivity index (χ0v) is 12.9. The Labute approximate surface area is 136 Å². The number of rotatable bonds is 3. The lowest BCUT2D eigenvalue weighted by Crippen LogP contribution is -2.36. The fraction of sp³-hybridized carbons (Fsp3) is 0.500. The quantitative estimate of drug-likeness (QED) is 0.912. The Balaban J connectivity index is 1.60. The van der Waals surface area contributed by atoms with Crippen LogP contribution >= 0.6 is 0 Å². The van der Waals surface area contributed by atoms with E-state index in [1.807, 2.05) is 0 Å². The topological polar surface area (TPSA) is 58.6 Å². The van der Waals surface area contributed by atoms with Crippen LogP contribution in [0.25, 0.3) is 0 Å². The van der Waals surface area contributed by atoms with Crippen LogP contribution in [0.5, 0.6) is 5.75 Å². The van der Waals surface area contributed by atoms with Crippen LogP contribution < -0.4 is 10.1 Å². The standard InChI is InChI=1S/C16H17F3N2O3/c17-16(18,19)11-3-1-2-4-12(11)24-8-14(23)21-6-5-15(10-21)7-13(22)20-9-15/h1-4H,5-10H2,(H,20,22). The molecule has 2 aliphatic rings. The lowest BCUT2D eigenvalue weighted by molar-refractivity contribution is -0.140. The summed E-state index contributed by atoms with van der Waals surface area (Å²) in [7, 11) is 0. The van der Waals surface area contributed by atoms with E-state index in [0.717, 1.165) is 6.07 Å². The number of ether oxygens (including phenoxy) is 1. The molecule has 0 aliphatic carbocycles. The van der Waals surface area contributed by atoms with Crippen molar-refractivity contribution >= 4 is 11.8 Å². The van der Waals surface area contributed by atoms with Gasteiger partial charge in [0.1, 0.15) is 5.75 Å². The van der Waals surface area contributed by atoms with Crippen molar-refractivity contribution in [3.63, 3.8) is 0 Å². The summed E-state index contributed by atoms with van der Waals surface area (Å²) in [5.74, 6) is -0.757. The second-order valence-corrected chi connectivity index (χ2v) is 6.30. The summed E-state index contributed by atoms with van der Waals surface area (Å²) in [6.45, 7) is 0.991. The fourth-order valence-electron chi connectivity index (χ4n) is 3.25. The van der Waals surface area contributed by atoms with Crippen LogP contribution in [0.3, 0.4) is 0 Å². The van der Waals surface area contributed by atoms with Gasteiger partial charge in [-0.2, -0.15) is 13.2 Å². The van der Waals surface area contributed by atoms with E-state index in [1.54, 1.807) is 4.90 Å². The Hall–Kier alpha value is -2.25. The van der Waals surface area contributed by atoms with Gasteiger partial charge in [-0.15, -0.1) is 0 Å². The zero-order chi connectivity index (χ0) is 17.4. The summed E-state index contributed by atoms with van der Waals surface area (Å²) in [6, 6.07) is 4.81. The molecule has 2 fully saturated rings. The van der Waals surface area contributed by atoms with Crippen molar-refractivity contribution in [2.45, 2.75) is 19.0 Å². The van der Waals surface area contributed by atoms with Crippen LogP contribution in [0.1, 0.15) is 18.4 Å². The Bertz CT molecular complexity index is 662. The van der Waals surface area contributed by atoms with Crippen molar-refractivity contribution in [3.8, 4) is 5.75 Å². The van der Waals surface area contributed by atoms with E-state index < -0.39 is 18.3 Å². The third-order valence-corrected chi connectivity index (χ3v) is 4.53. The summed E-state index contributed by atoms with van der Waals surface area (Å²) < 4.78 is 43.8. The highest BCUT2D eigenvalue weighted by molar-refractivity contribution is 5.81. The highest BCUT2D eigenvalue weighted by Gasteiger charge is 2.45. The molecule has 1 aromatic rings. The number of likely N-dealkylation sites (tertiary alicyclic amines) is 1. The first-order valence-electron chi connectivity index (χ1n) is 7.63. The molecule has 8 heteroatoms. The molecular formula is C16H17F3N2O3. The molecule has 1 unspecified atom stereocenters. The predicted molar refractivity (Wildman–Crippen MR) is 78.2 cm³/mol. The minimum Gasteiger partial charge on any atom is -0.483 e. The van der Waals surface area contributed by atoms with E-state index in [1.165, 1.54) is 18.2 Å². The fourth-order valence-corrected chi connectivity index (χ4v) is 3.25. The smallest absolute Gasteiger partial charge is 0.419 e. The highest BCUT2D eigenvalue weighted by atomic mass is 19.4. The maximum atomic E-state index is 12.9. The monoisotopic (exact) mass is 342 g/mol. The third kappa shape index (κ3) is 3.32. The number of benzene rings is 1. The molecule has 1 spiro atoms. The van der Waals surface area contributed by atoms with Crippen molar-refractivity contribution in [1.29, 1.82) is 0 Å². The van der Waals surface area contributed by atoms with Gasteiger partial charge < -0.3 is 15.0 Å². The number of nitrogens with zero attached hydrogens (tertiary/aromatic N) is 1. The van der Waals surface area contributed by atoms with Gasteiger partial charge in [0.15, 0.2) is 6.61 Å². The van der Waals surface area contributed by atoms with Gasteiger partial charge in [0.25, 0.3) is 5.91 Å². The third-order valence-electron chi connectivity index (χ3n) is 4.53. The molecule has 0 radical (unpaired) electrons. The summed E-state index contributed by atoms with van der Waals surface area (Å²) in [5, 5.41) is 2.76. The number of hydrogen-bond acceptors (Lipinski definition) is 3. The van der Waals surface area contributed by atoms with E-state index in [2.05, 4.69) is 5.32 Å². The van der Waals surface area contributed by atoms with Crippen molar-refractivity contribution in [3.05, 3.63) is 29.8 Å². The average Bonchev–Trinajstić information content (AvgIpc) is 3.11. The molecule has 0 aromatic heterocycles. The maximum absolute atomic E-state index is 12.9. The molecule has 2 heterocycles. The normalized spacial score (nSPS) is 23.6. The first-order valence-corrected chi connectivity index (χ1v) is 7.63. The first kappa shape index (κ1) is 16.6. The Morgan fingerprint density at radius 2 is 2.08 bits per heavy atom. The van der Waals surface area contributed by atoms with E-state index >= 15 is 0 Å². The van der Waals surface area contributed by atoms with Gasteiger partial charge in [-0.1, -0.05) is 12.1 Å². The Morgan fingerprint density at radius 1 is 1.33 bits per heavy atom. The number of para-hydroxylation sites is 1. The number of alkyl halides is 3. The summed E-state index contributed by atoms with van der Waals surface area (Å²) in [6.07, 6.45) is -3.45. The lowest BCUT2D eigenvalue weighted by atomic mass is 9.86. The van der Waals surface area contributed by atoms with Gasteiger partial charge in [0.2, 0.25) is 5.91 Å². The molecular weight excluding hydrogens is 325 g/mol. The molecule has 0 bridgehead atoms. The summed E-state index contributed by atoms with van der Waals surface area (Å²) in [5.41, 5.74) is -1.14. The molecule has 2 saturated heterocycles. The van der Waals surface area contributed by atoms with E-state index in [-0.39, 0.29) is 23.0 Å². The van der Waals surface area contributed by atoms with Crippen molar-refractivity contribution in [2.75, 3.05) is 26.2 Å². The van der Waals surface area contributed by atoms with Gasteiger partial charge in [-0.05, 0) is 18.6 Å². The van der Waals surface area contributed by atoms with Crippen LogP contribution in [0, 0.1) is 5.41 Å². The molecule has 3 rings (SSSR count). The molecule has 1 aromatic carbocycles. The molecule has 2 amide bonds. The summed E-state index contributed by atoms with van der Waals surface area (Å²) in [4.78, 5) is 25.1. The molecule has 5 nitrogen and oxygen atoms in total. The predicted octanol–water partition coefficient (Wildman–Crippen LogP) is 1.82. The number of halogens is 3. The zero-order valence-electron chi connectivity index (χ0n) is 12.9. The van der Waals surface area contributed by atoms with Crippen LogP contribution in [-0.4, -0.2) is 43.0 Å². The Morgan fingerprint density at radius 3 is 2.75 bits per heavy atom. The van der Waals surface area contributed by atoms with Crippen LogP contribution in [-0.2, 0) is 15.8 Å². The number of carbonyl (C=O) groups is 2. The van der Waals surface area contributed by atoms with Crippen LogP contribution in [0.2, 0.25) is 0 Å². The maximum Gasteiger partial charge on any atom is 0.419 e. The molecule has 24 heavy (non-hydrogen) atoms. The minimum absolute atomic E-state index is 0.0281. The van der Waals surface area contributed by atoms with E-state index in [4.69, 9.17) is 4.74 Å². The van der Waals surface area contributed by atoms with Crippen molar-refractivity contribution in [1.82, 2.24) is 10.2 Å². The number of nitrogens with one attached hydrogen (secondary N) is 1. The Kier molecular flexibility index (Phi) is 4.15. The number of amides is 2. The highest BCUT2D eigenvalue weighted by Crippen LogP contribution is 2.37. The van der Waals surface area contributed by atoms with E-state index in [9.17, 15) is 22.8 Å². The van der Waals surface area contributed by atoms with Gasteiger partial charge in [-0.25, -0.2) is 0 Å². The van der Waals surface area contributed by atoms with Gasteiger partial charge in [0.05, 0.1) is 5.56 Å². The van der Waals surface area contributed by atoms with Crippen molar-refractivity contribution in [2.24, 2.45) is 5.41 Å². The number of hydrogen-bond donors (Lipinski definition) is 1. The first-order chi connectivity index (χ1) is 11.3. The van der Waals surface area contributed by atoms with Crippen LogP contribution in [0.15, 0.2) is 24.3 Å². The van der Waals surface area contributed by atoms with Crippen LogP contribution in [0.4, 0.5) is 13.2 Å². The molecule has 0 saturated carbocycles. The lowest BCUT2D eigenvalue weighted by Gasteiger charge is -2.22. The van der Waals surface area contributed by atoms with E-state index in [0.29, 0.717) is 32.5 Å². The average molecular weight is 342 g/mol. The largest absolute Gasteiger partial charge is 0.483 e. The second-order valence-electron chi connectivity index (χ2n) is 6.30. The molecule has 1 N–H and O–H groups in total. The van der Waals surface area contributed by atoms with Crippen molar-refractivity contribution < 1.29 is 27.5 Å². The minimum atomic E-state index is -4.53. The second kappa shape index (κ2) is 5.99. The SMILES string of the molecule is O=C1CC2(CCN(C(=O)COc3ccccc3C(F)(F)F)C2)CN1. The summed E-state index contributed by atoms with van der Waals surface area (Å²) >= 11 is 0.